The van der Waals surface area contributed by atoms with Crippen molar-refractivity contribution in [3.8, 4) is 0 Å². The highest BCUT2D eigenvalue weighted by atomic mass is 33.1. The third-order valence-electron chi connectivity index (χ3n) is 2.53. The van der Waals surface area contributed by atoms with Gasteiger partial charge in [-0.2, -0.15) is 0 Å². The lowest BCUT2D eigenvalue weighted by atomic mass is 10.0. The topological polar surface area (TPSA) is 104 Å². The van der Waals surface area contributed by atoms with E-state index in [1.54, 1.807) is 21.6 Å². The molecule has 0 radical (unpaired) electrons. The van der Waals surface area contributed by atoms with Crippen LogP contribution in [0.4, 0.5) is 0 Å². The summed E-state index contributed by atoms with van der Waals surface area (Å²) in [6.07, 6.45) is 2.77. The lowest BCUT2D eigenvalue weighted by Gasteiger charge is -2.11. The van der Waals surface area contributed by atoms with Gasteiger partial charge in [0.05, 0.1) is 0 Å². The van der Waals surface area contributed by atoms with Crippen molar-refractivity contribution >= 4 is 33.5 Å². The summed E-state index contributed by atoms with van der Waals surface area (Å²) in [7, 11) is 3.43. The lowest BCUT2D eigenvalue weighted by molar-refractivity contribution is -0.133. The minimum absolute atomic E-state index is 0.00121. The SMILES string of the molecule is C=C(CC/C(C(=O)NN)=C(\C)C(=O)O)NCCSSC.CC. The standard InChI is InChI=1S/C12H21N3O3S2.C2H6/c1-8(14-6-7-20-19-3)4-5-10(11(16)15-13)9(2)12(17)18;1-2/h14H,1,4-7,13H2,2-3H3,(H,15,16)(H,17,18);1-2H3/b10-9-;. The van der Waals surface area contributed by atoms with Crippen molar-refractivity contribution in [1.82, 2.24) is 10.7 Å². The maximum Gasteiger partial charge on any atom is 0.331 e. The summed E-state index contributed by atoms with van der Waals surface area (Å²) in [5, 5.41) is 12.1. The van der Waals surface area contributed by atoms with Gasteiger partial charge in [0, 0.05) is 29.1 Å². The zero-order chi connectivity index (χ0) is 17.5. The van der Waals surface area contributed by atoms with Crippen molar-refractivity contribution in [1.29, 1.82) is 0 Å². The molecule has 0 aliphatic heterocycles. The number of hydrogen-bond acceptors (Lipinski definition) is 6. The number of allylic oxidation sites excluding steroid dienone is 1. The molecule has 0 aromatic carbocycles. The van der Waals surface area contributed by atoms with Gasteiger partial charge < -0.3 is 10.4 Å². The number of carboxylic acids is 1. The van der Waals surface area contributed by atoms with Crippen LogP contribution in [0.15, 0.2) is 23.4 Å². The van der Waals surface area contributed by atoms with Gasteiger partial charge >= 0.3 is 5.97 Å². The molecular formula is C14H27N3O3S2. The van der Waals surface area contributed by atoms with Crippen molar-refractivity contribution in [2.45, 2.75) is 33.6 Å². The Balaban J connectivity index is 0. The van der Waals surface area contributed by atoms with Gasteiger partial charge in [0.15, 0.2) is 0 Å². The van der Waals surface area contributed by atoms with Crippen molar-refractivity contribution in [3.05, 3.63) is 23.4 Å². The molecule has 22 heavy (non-hydrogen) atoms. The minimum atomic E-state index is -1.13. The molecule has 0 bridgehead atoms. The van der Waals surface area contributed by atoms with Crippen molar-refractivity contribution in [3.63, 3.8) is 0 Å². The third-order valence-corrected chi connectivity index (χ3v) is 4.35. The van der Waals surface area contributed by atoms with Gasteiger partial charge in [-0.1, -0.05) is 42.0 Å². The van der Waals surface area contributed by atoms with E-state index in [1.807, 2.05) is 25.5 Å². The summed E-state index contributed by atoms with van der Waals surface area (Å²) in [4.78, 5) is 22.5. The van der Waals surface area contributed by atoms with Crippen molar-refractivity contribution in [2.24, 2.45) is 5.84 Å². The Hall–Kier alpha value is -1.12. The second-order valence-electron chi connectivity index (χ2n) is 3.90. The first-order valence-electron chi connectivity index (χ1n) is 6.95. The number of rotatable bonds is 10. The van der Waals surface area contributed by atoms with Crippen LogP contribution in [0.1, 0.15) is 33.6 Å². The lowest BCUT2D eigenvalue weighted by Crippen LogP contribution is -2.32. The van der Waals surface area contributed by atoms with Gasteiger partial charge in [-0.05, 0) is 26.0 Å². The molecule has 5 N–H and O–H groups in total. The number of carbonyl (C=O) groups is 2. The maximum absolute atomic E-state index is 11.6. The molecule has 0 unspecified atom stereocenters. The van der Waals surface area contributed by atoms with Crippen molar-refractivity contribution < 1.29 is 14.7 Å². The molecule has 0 atom stereocenters. The zero-order valence-corrected chi connectivity index (χ0v) is 15.3. The Labute approximate surface area is 140 Å². The molecule has 8 heteroatoms. The highest BCUT2D eigenvalue weighted by Crippen LogP contribution is 2.16. The van der Waals surface area contributed by atoms with Crippen LogP contribution < -0.4 is 16.6 Å². The van der Waals surface area contributed by atoms with Gasteiger partial charge in [-0.25, -0.2) is 10.6 Å². The second-order valence-corrected chi connectivity index (χ2v) is 6.59. The van der Waals surface area contributed by atoms with Crippen LogP contribution >= 0.6 is 21.6 Å². The molecule has 128 valence electrons. The molecule has 0 heterocycles. The quantitative estimate of drug-likeness (QED) is 0.120. The number of carbonyl (C=O) groups excluding carboxylic acids is 1. The van der Waals surface area contributed by atoms with Crippen LogP contribution in [0.5, 0.6) is 0 Å². The molecule has 6 nitrogen and oxygen atoms in total. The fourth-order valence-corrected chi connectivity index (χ4v) is 2.51. The molecule has 0 saturated carbocycles. The van der Waals surface area contributed by atoms with Gasteiger partial charge in [0.2, 0.25) is 0 Å². The number of nitrogens with one attached hydrogen (secondary N) is 2. The van der Waals surface area contributed by atoms with E-state index in [9.17, 15) is 9.59 Å². The molecule has 0 saturated heterocycles. The van der Waals surface area contributed by atoms with Gasteiger partial charge in [-0.15, -0.1) is 0 Å². The summed E-state index contributed by atoms with van der Waals surface area (Å²) in [5.74, 6) is 4.31. The summed E-state index contributed by atoms with van der Waals surface area (Å²) in [6, 6.07) is 0. The fraction of sp³-hybridized carbons (Fsp3) is 0.571. The predicted octanol–water partition coefficient (Wildman–Crippen LogP) is 2.30. The average Bonchev–Trinajstić information content (AvgIpc) is 2.52. The molecule has 0 rings (SSSR count). The van der Waals surface area contributed by atoms with Gasteiger partial charge in [0.1, 0.15) is 0 Å². The zero-order valence-electron chi connectivity index (χ0n) is 13.7. The first-order chi connectivity index (χ1) is 10.4. The summed E-state index contributed by atoms with van der Waals surface area (Å²) in [5.41, 5.74) is 2.91. The third kappa shape index (κ3) is 10.6. The van der Waals surface area contributed by atoms with Crippen LogP contribution in [-0.4, -0.2) is 35.5 Å². The number of hydrogen-bond donors (Lipinski definition) is 4. The highest BCUT2D eigenvalue weighted by molar-refractivity contribution is 8.76. The first-order valence-corrected chi connectivity index (χ1v) is 9.68. The monoisotopic (exact) mass is 349 g/mol. The Morgan fingerprint density at radius 3 is 2.32 bits per heavy atom. The summed E-state index contributed by atoms with van der Waals surface area (Å²) < 4.78 is 0. The fourth-order valence-electron chi connectivity index (χ4n) is 1.40. The number of nitrogens with two attached hydrogens (primary N) is 1. The van der Waals surface area contributed by atoms with E-state index in [0.717, 1.165) is 18.0 Å². The number of amides is 1. The molecule has 0 aliphatic rings. The smallest absolute Gasteiger partial charge is 0.331 e. The molecule has 0 spiro atoms. The van der Waals surface area contributed by atoms with Gasteiger partial charge in [-0.3, -0.25) is 10.2 Å². The van der Waals surface area contributed by atoms with E-state index in [2.05, 4.69) is 11.9 Å². The van der Waals surface area contributed by atoms with E-state index < -0.39 is 11.9 Å². The van der Waals surface area contributed by atoms with Crippen LogP contribution in [0.3, 0.4) is 0 Å². The van der Waals surface area contributed by atoms with E-state index in [1.165, 1.54) is 6.92 Å². The Morgan fingerprint density at radius 2 is 1.86 bits per heavy atom. The Kier molecular flexibility index (Phi) is 15.6. The largest absolute Gasteiger partial charge is 0.478 e. The minimum Gasteiger partial charge on any atom is -0.478 e. The van der Waals surface area contributed by atoms with E-state index in [0.29, 0.717) is 6.42 Å². The molecule has 0 aliphatic carbocycles. The number of aliphatic carboxylic acids is 1. The number of carboxylic acid groups (broad SMARTS) is 1. The Morgan fingerprint density at radius 1 is 1.27 bits per heavy atom. The average molecular weight is 350 g/mol. The van der Waals surface area contributed by atoms with Crippen molar-refractivity contribution in [2.75, 3.05) is 18.6 Å². The molecule has 0 aromatic heterocycles. The van der Waals surface area contributed by atoms with E-state index in [-0.39, 0.29) is 17.6 Å². The summed E-state index contributed by atoms with van der Waals surface area (Å²) in [6.45, 7) is 10.0. The normalized spacial score (nSPS) is 10.8. The van der Waals surface area contributed by atoms with Crippen LogP contribution in [-0.2, 0) is 9.59 Å². The molecular weight excluding hydrogens is 322 g/mol. The maximum atomic E-state index is 11.6. The van der Waals surface area contributed by atoms with E-state index >= 15 is 0 Å². The molecule has 0 aromatic rings. The van der Waals surface area contributed by atoms with E-state index in [4.69, 9.17) is 10.9 Å². The van der Waals surface area contributed by atoms with Gasteiger partial charge in [0.25, 0.3) is 5.91 Å². The predicted molar refractivity (Wildman–Crippen MR) is 96.4 cm³/mol. The van der Waals surface area contributed by atoms with Crippen LogP contribution in [0, 0.1) is 0 Å². The van der Waals surface area contributed by atoms with Crippen LogP contribution in [0.25, 0.3) is 0 Å². The highest BCUT2D eigenvalue weighted by Gasteiger charge is 2.16. The first kappa shape index (κ1) is 23.2. The molecule has 0 fully saturated rings. The van der Waals surface area contributed by atoms with Crippen LogP contribution in [0.2, 0.25) is 0 Å². The summed E-state index contributed by atoms with van der Waals surface area (Å²) >= 11 is 0. The second kappa shape index (κ2) is 14.8. The number of hydrazine groups is 1. The molecule has 1 amide bonds. The Bertz CT molecular complexity index is 399.